The predicted molar refractivity (Wildman–Crippen MR) is 42.1 cm³/mol. The molecule has 0 aromatic heterocycles. The summed E-state index contributed by atoms with van der Waals surface area (Å²) in [7, 11) is 0. The number of allylic oxidation sites excluding steroid dienone is 1. The van der Waals surface area contributed by atoms with E-state index in [-0.39, 0.29) is 18.4 Å². The van der Waals surface area contributed by atoms with Crippen molar-refractivity contribution >= 4 is 18.4 Å². The van der Waals surface area contributed by atoms with Gasteiger partial charge in [0.15, 0.2) is 0 Å². The molecule has 0 aromatic rings. The second-order valence-electron chi connectivity index (χ2n) is 1.46. The van der Waals surface area contributed by atoms with Gasteiger partial charge < -0.3 is 10.5 Å². The smallest absolute Gasteiger partial charge is 0.330 e. The largest absolute Gasteiger partial charge is 0.461 e. The first-order valence-corrected chi connectivity index (χ1v) is 2.80. The van der Waals surface area contributed by atoms with E-state index >= 15 is 0 Å². The first-order valence-electron chi connectivity index (χ1n) is 2.80. The fraction of sp³-hybridized carbons (Fsp3) is 0.500. The molecule has 3 nitrogen and oxygen atoms in total. The Bertz CT molecular complexity index is 114. The Labute approximate surface area is 66.6 Å². The molecule has 0 bridgehead atoms. The van der Waals surface area contributed by atoms with Gasteiger partial charge in [0.1, 0.15) is 6.61 Å². The standard InChI is InChI=1S/C6H11NO2.ClH/c1-2-3-6(8)9-5-4-7;/h2-3H,4-5,7H2,1H3;1H. The highest BCUT2D eigenvalue weighted by molar-refractivity contribution is 5.85. The normalized spacial score (nSPS) is 9.00. The minimum atomic E-state index is -0.331. The van der Waals surface area contributed by atoms with Gasteiger partial charge in [0, 0.05) is 12.6 Å². The second kappa shape index (κ2) is 8.46. The van der Waals surface area contributed by atoms with Crippen molar-refractivity contribution in [2.75, 3.05) is 13.2 Å². The van der Waals surface area contributed by atoms with Crippen LogP contribution in [0.4, 0.5) is 0 Å². The van der Waals surface area contributed by atoms with Crippen molar-refractivity contribution in [3.05, 3.63) is 12.2 Å². The van der Waals surface area contributed by atoms with Crippen LogP contribution in [0, 0.1) is 0 Å². The molecule has 0 amide bonds. The lowest BCUT2D eigenvalue weighted by Crippen LogP contribution is -2.11. The van der Waals surface area contributed by atoms with E-state index < -0.39 is 0 Å². The van der Waals surface area contributed by atoms with Crippen LogP contribution in [0.3, 0.4) is 0 Å². The highest BCUT2D eigenvalue weighted by Gasteiger charge is 1.91. The lowest BCUT2D eigenvalue weighted by Gasteiger charge is -1.95. The van der Waals surface area contributed by atoms with Gasteiger partial charge in [0.2, 0.25) is 0 Å². The summed E-state index contributed by atoms with van der Waals surface area (Å²) in [4.78, 5) is 10.4. The summed E-state index contributed by atoms with van der Waals surface area (Å²) < 4.78 is 4.58. The molecular weight excluding hydrogens is 154 g/mol. The van der Waals surface area contributed by atoms with Crippen molar-refractivity contribution in [1.82, 2.24) is 0 Å². The molecule has 0 saturated carbocycles. The molecule has 2 N–H and O–H groups in total. The topological polar surface area (TPSA) is 52.3 Å². The zero-order chi connectivity index (χ0) is 7.11. The Morgan fingerprint density at radius 2 is 2.30 bits per heavy atom. The summed E-state index contributed by atoms with van der Waals surface area (Å²) in [5.41, 5.74) is 5.07. The second-order valence-corrected chi connectivity index (χ2v) is 1.46. The Kier molecular flexibility index (Phi) is 10.3. The highest BCUT2D eigenvalue weighted by atomic mass is 35.5. The maximum Gasteiger partial charge on any atom is 0.330 e. The van der Waals surface area contributed by atoms with Gasteiger partial charge >= 0.3 is 5.97 Å². The van der Waals surface area contributed by atoms with Crippen molar-refractivity contribution in [2.45, 2.75) is 6.92 Å². The van der Waals surface area contributed by atoms with E-state index in [1.165, 1.54) is 6.08 Å². The van der Waals surface area contributed by atoms with Gasteiger partial charge in [0.05, 0.1) is 0 Å². The number of halogens is 1. The molecular formula is C6H12ClNO2. The molecule has 0 saturated heterocycles. The van der Waals surface area contributed by atoms with Gasteiger partial charge in [-0.25, -0.2) is 4.79 Å². The maximum atomic E-state index is 10.4. The monoisotopic (exact) mass is 165 g/mol. The van der Waals surface area contributed by atoms with Crippen LogP contribution >= 0.6 is 12.4 Å². The van der Waals surface area contributed by atoms with E-state index in [0.29, 0.717) is 13.2 Å². The summed E-state index contributed by atoms with van der Waals surface area (Å²) in [5.74, 6) is -0.331. The van der Waals surface area contributed by atoms with Crippen molar-refractivity contribution in [2.24, 2.45) is 5.73 Å². The molecule has 0 aromatic carbocycles. The van der Waals surface area contributed by atoms with Gasteiger partial charge in [-0.3, -0.25) is 0 Å². The third kappa shape index (κ3) is 7.46. The number of hydrogen-bond donors (Lipinski definition) is 1. The Balaban J connectivity index is 0. The van der Waals surface area contributed by atoms with Gasteiger partial charge in [-0.1, -0.05) is 6.08 Å². The van der Waals surface area contributed by atoms with Gasteiger partial charge in [-0.15, -0.1) is 12.4 Å². The number of carbonyl (C=O) groups is 1. The zero-order valence-corrected chi connectivity index (χ0v) is 6.69. The van der Waals surface area contributed by atoms with E-state index in [9.17, 15) is 4.79 Å². The van der Waals surface area contributed by atoms with Crippen LogP contribution in [0.2, 0.25) is 0 Å². The third-order valence-electron chi connectivity index (χ3n) is 0.665. The minimum Gasteiger partial charge on any atom is -0.461 e. The minimum absolute atomic E-state index is 0. The van der Waals surface area contributed by atoms with Crippen molar-refractivity contribution in [3.63, 3.8) is 0 Å². The van der Waals surface area contributed by atoms with Gasteiger partial charge in [0.25, 0.3) is 0 Å². The molecule has 0 unspecified atom stereocenters. The number of carbonyl (C=O) groups excluding carboxylic acids is 1. The van der Waals surface area contributed by atoms with Crippen LogP contribution in [-0.4, -0.2) is 19.1 Å². The molecule has 0 aliphatic heterocycles. The van der Waals surface area contributed by atoms with Crippen LogP contribution in [0.15, 0.2) is 12.2 Å². The summed E-state index contributed by atoms with van der Waals surface area (Å²) in [6.07, 6.45) is 2.98. The van der Waals surface area contributed by atoms with E-state index in [0.717, 1.165) is 0 Å². The highest BCUT2D eigenvalue weighted by Crippen LogP contribution is 1.78. The quantitative estimate of drug-likeness (QED) is 0.489. The fourth-order valence-electron chi connectivity index (χ4n) is 0.344. The molecule has 0 spiro atoms. The molecule has 0 rings (SSSR count). The Hall–Kier alpha value is -0.540. The number of hydrogen-bond acceptors (Lipinski definition) is 3. The van der Waals surface area contributed by atoms with Crippen molar-refractivity contribution in [1.29, 1.82) is 0 Å². The summed E-state index contributed by atoms with van der Waals surface area (Å²) >= 11 is 0. The number of nitrogens with two attached hydrogens (primary N) is 1. The number of ether oxygens (including phenoxy) is 1. The SMILES string of the molecule is CC=CC(=O)OCCN.Cl. The van der Waals surface area contributed by atoms with Crippen molar-refractivity contribution < 1.29 is 9.53 Å². The predicted octanol–water partition coefficient (Wildman–Crippen LogP) is 0.486. The van der Waals surface area contributed by atoms with Crippen LogP contribution in [-0.2, 0) is 9.53 Å². The van der Waals surface area contributed by atoms with Crippen LogP contribution < -0.4 is 5.73 Å². The van der Waals surface area contributed by atoms with E-state index in [1.54, 1.807) is 13.0 Å². The number of rotatable bonds is 3. The lowest BCUT2D eigenvalue weighted by molar-refractivity contribution is -0.137. The van der Waals surface area contributed by atoms with Crippen LogP contribution in [0.5, 0.6) is 0 Å². The zero-order valence-electron chi connectivity index (χ0n) is 5.87. The first-order chi connectivity index (χ1) is 4.31. The summed E-state index contributed by atoms with van der Waals surface area (Å²) in [6, 6.07) is 0. The average Bonchev–Trinajstić information content (AvgIpc) is 1.85. The lowest BCUT2D eigenvalue weighted by atomic mass is 10.5. The number of esters is 1. The van der Waals surface area contributed by atoms with Gasteiger partial charge in [-0.05, 0) is 6.92 Å². The molecule has 4 heteroatoms. The van der Waals surface area contributed by atoms with Gasteiger partial charge in [-0.2, -0.15) is 0 Å². The van der Waals surface area contributed by atoms with Crippen LogP contribution in [0.1, 0.15) is 6.92 Å². The molecule has 0 aliphatic rings. The molecule has 0 aliphatic carbocycles. The third-order valence-corrected chi connectivity index (χ3v) is 0.665. The molecule has 0 radical (unpaired) electrons. The molecule has 0 heterocycles. The average molecular weight is 166 g/mol. The van der Waals surface area contributed by atoms with E-state index in [1.807, 2.05) is 0 Å². The first kappa shape index (κ1) is 12.2. The molecule has 60 valence electrons. The van der Waals surface area contributed by atoms with Crippen molar-refractivity contribution in [3.8, 4) is 0 Å². The maximum absolute atomic E-state index is 10.4. The summed E-state index contributed by atoms with van der Waals surface area (Å²) in [5, 5.41) is 0. The molecule has 0 fully saturated rings. The molecule has 0 atom stereocenters. The Morgan fingerprint density at radius 3 is 2.70 bits per heavy atom. The summed E-state index contributed by atoms with van der Waals surface area (Å²) in [6.45, 7) is 2.43. The van der Waals surface area contributed by atoms with Crippen LogP contribution in [0.25, 0.3) is 0 Å². The van der Waals surface area contributed by atoms with E-state index in [4.69, 9.17) is 5.73 Å². The van der Waals surface area contributed by atoms with E-state index in [2.05, 4.69) is 4.74 Å². The molecule has 10 heavy (non-hydrogen) atoms. The Morgan fingerprint density at radius 1 is 1.70 bits per heavy atom. The fourth-order valence-corrected chi connectivity index (χ4v) is 0.344.